The highest BCUT2D eigenvalue weighted by atomic mass is 33.1. The Kier molecular flexibility index (Phi) is 8.21. The van der Waals surface area contributed by atoms with Crippen LogP contribution in [-0.2, 0) is 9.53 Å². The Bertz CT molecular complexity index is 273. The first kappa shape index (κ1) is 17.1. The molecule has 0 aromatic heterocycles. The van der Waals surface area contributed by atoms with Crippen LogP contribution < -0.4 is 0 Å². The van der Waals surface area contributed by atoms with Gasteiger partial charge in [-0.25, -0.2) is 0 Å². The van der Waals surface area contributed by atoms with Crippen LogP contribution >= 0.6 is 21.6 Å². The van der Waals surface area contributed by atoms with Gasteiger partial charge in [0.1, 0.15) is 12.3 Å². The Labute approximate surface area is 124 Å². The summed E-state index contributed by atoms with van der Waals surface area (Å²) in [6.07, 6.45) is 4.84. The normalized spacial score (nSPS) is 22.5. The number of hydrogen-bond acceptors (Lipinski definition) is 6. The van der Waals surface area contributed by atoms with Crippen molar-refractivity contribution in [1.29, 1.82) is 0 Å². The molecule has 4 nitrogen and oxygen atoms in total. The highest BCUT2D eigenvalue weighted by Crippen LogP contribution is 2.39. The molecule has 0 amide bonds. The van der Waals surface area contributed by atoms with Gasteiger partial charge in [-0.05, 0) is 39.7 Å². The van der Waals surface area contributed by atoms with Gasteiger partial charge in [0.05, 0.1) is 7.11 Å². The monoisotopic (exact) mass is 307 g/mol. The Morgan fingerprint density at radius 2 is 2.26 bits per heavy atom. The van der Waals surface area contributed by atoms with E-state index in [-0.39, 0.29) is 5.97 Å². The second-order valence-electron chi connectivity index (χ2n) is 4.96. The van der Waals surface area contributed by atoms with Gasteiger partial charge in [-0.1, -0.05) is 28.0 Å². The standard InChI is InChI=1S/C13H25NO3S2/c1-10(13(16)17-3)14(2)12(15)7-5-4-6-11-8-9-18-19-11/h10-12,15H,4-9H2,1-3H3/t10-,11?,12?/m0/s1. The maximum atomic E-state index is 11.4. The Morgan fingerprint density at radius 3 is 2.84 bits per heavy atom. The summed E-state index contributed by atoms with van der Waals surface area (Å²) in [6, 6.07) is -0.401. The lowest BCUT2D eigenvalue weighted by atomic mass is 10.1. The average molecular weight is 307 g/mol. The van der Waals surface area contributed by atoms with Gasteiger partial charge in [-0.15, -0.1) is 0 Å². The minimum absolute atomic E-state index is 0.305. The molecule has 0 aliphatic carbocycles. The van der Waals surface area contributed by atoms with Crippen molar-refractivity contribution in [2.24, 2.45) is 0 Å². The number of aliphatic hydroxyl groups is 1. The molecular formula is C13H25NO3S2. The number of carbonyl (C=O) groups is 1. The van der Waals surface area contributed by atoms with Crippen LogP contribution in [0.4, 0.5) is 0 Å². The summed E-state index contributed by atoms with van der Waals surface area (Å²) in [6.45, 7) is 1.75. The van der Waals surface area contributed by atoms with Gasteiger partial charge in [-0.3, -0.25) is 9.69 Å². The Balaban J connectivity index is 2.15. The van der Waals surface area contributed by atoms with E-state index in [1.807, 2.05) is 21.6 Å². The third-order valence-corrected chi connectivity index (χ3v) is 6.60. The fraction of sp³-hybridized carbons (Fsp3) is 0.923. The molecule has 1 heterocycles. The largest absolute Gasteiger partial charge is 0.468 e. The molecule has 1 saturated heterocycles. The zero-order valence-electron chi connectivity index (χ0n) is 12.0. The number of ether oxygens (including phenoxy) is 1. The molecule has 1 rings (SSSR count). The molecule has 3 atom stereocenters. The van der Waals surface area contributed by atoms with Gasteiger partial charge in [-0.2, -0.15) is 0 Å². The zero-order chi connectivity index (χ0) is 14.3. The highest BCUT2D eigenvalue weighted by molar-refractivity contribution is 8.77. The van der Waals surface area contributed by atoms with Crippen LogP contribution in [0.15, 0.2) is 0 Å². The molecule has 0 radical (unpaired) electrons. The molecule has 6 heteroatoms. The molecule has 0 aromatic carbocycles. The summed E-state index contributed by atoms with van der Waals surface area (Å²) < 4.78 is 4.68. The molecule has 19 heavy (non-hydrogen) atoms. The number of aliphatic hydroxyl groups excluding tert-OH is 1. The smallest absolute Gasteiger partial charge is 0.322 e. The molecule has 112 valence electrons. The SMILES string of the molecule is COC(=O)[C@H](C)N(C)C(O)CCCCC1CCSS1. The number of esters is 1. The lowest BCUT2D eigenvalue weighted by molar-refractivity contribution is -0.150. The number of hydrogen-bond donors (Lipinski definition) is 1. The van der Waals surface area contributed by atoms with Crippen molar-refractivity contribution < 1.29 is 14.6 Å². The quantitative estimate of drug-likeness (QED) is 0.322. The third-order valence-electron chi connectivity index (χ3n) is 3.59. The lowest BCUT2D eigenvalue weighted by Gasteiger charge is -2.27. The summed E-state index contributed by atoms with van der Waals surface area (Å²) in [7, 11) is 7.10. The number of rotatable bonds is 8. The van der Waals surface area contributed by atoms with E-state index in [4.69, 9.17) is 0 Å². The zero-order valence-corrected chi connectivity index (χ0v) is 13.6. The second kappa shape index (κ2) is 9.10. The van der Waals surface area contributed by atoms with E-state index >= 15 is 0 Å². The minimum atomic E-state index is -0.570. The number of nitrogens with zero attached hydrogens (tertiary/aromatic N) is 1. The first-order valence-electron chi connectivity index (χ1n) is 6.82. The van der Waals surface area contributed by atoms with Crippen LogP contribution in [-0.4, -0.2) is 53.4 Å². The number of carbonyl (C=O) groups excluding carboxylic acids is 1. The number of unbranched alkanes of at least 4 members (excludes halogenated alkanes) is 1. The van der Waals surface area contributed by atoms with E-state index in [0.29, 0.717) is 6.42 Å². The van der Waals surface area contributed by atoms with Crippen LogP contribution in [0.2, 0.25) is 0 Å². The van der Waals surface area contributed by atoms with Crippen molar-refractivity contribution in [2.75, 3.05) is 19.9 Å². The van der Waals surface area contributed by atoms with Gasteiger partial charge in [0.15, 0.2) is 0 Å². The summed E-state index contributed by atoms with van der Waals surface area (Å²) in [5, 5.41) is 10.8. The first-order chi connectivity index (χ1) is 9.06. The van der Waals surface area contributed by atoms with Crippen molar-refractivity contribution in [3.05, 3.63) is 0 Å². The van der Waals surface area contributed by atoms with Crippen molar-refractivity contribution in [3.8, 4) is 0 Å². The number of likely N-dealkylation sites (N-methyl/N-ethyl adjacent to an activating group) is 1. The van der Waals surface area contributed by atoms with E-state index in [2.05, 4.69) is 4.74 Å². The summed E-state index contributed by atoms with van der Waals surface area (Å²) in [5.74, 6) is 0.970. The van der Waals surface area contributed by atoms with Crippen LogP contribution in [0.5, 0.6) is 0 Å². The average Bonchev–Trinajstić information content (AvgIpc) is 2.93. The molecule has 0 aromatic rings. The maximum absolute atomic E-state index is 11.4. The van der Waals surface area contributed by atoms with Crippen LogP contribution in [0, 0.1) is 0 Å². The summed E-state index contributed by atoms with van der Waals surface area (Å²) in [4.78, 5) is 13.1. The highest BCUT2D eigenvalue weighted by Gasteiger charge is 2.23. The Hall–Kier alpha value is 0.0900. The van der Waals surface area contributed by atoms with Gasteiger partial charge >= 0.3 is 5.97 Å². The van der Waals surface area contributed by atoms with Crippen molar-refractivity contribution in [3.63, 3.8) is 0 Å². The molecule has 1 aliphatic heterocycles. The third kappa shape index (κ3) is 5.94. The van der Waals surface area contributed by atoms with Crippen LogP contribution in [0.25, 0.3) is 0 Å². The topological polar surface area (TPSA) is 49.8 Å². The first-order valence-corrected chi connectivity index (χ1v) is 9.20. The minimum Gasteiger partial charge on any atom is -0.468 e. The molecule has 2 unspecified atom stereocenters. The van der Waals surface area contributed by atoms with Gasteiger partial charge in [0.25, 0.3) is 0 Å². The predicted octanol–water partition coefficient (Wildman–Crippen LogP) is 2.51. The lowest BCUT2D eigenvalue weighted by Crippen LogP contribution is -2.43. The van der Waals surface area contributed by atoms with Crippen molar-refractivity contribution in [1.82, 2.24) is 4.90 Å². The summed E-state index contributed by atoms with van der Waals surface area (Å²) >= 11 is 0. The van der Waals surface area contributed by atoms with Gasteiger partial charge in [0, 0.05) is 11.0 Å². The van der Waals surface area contributed by atoms with Gasteiger partial charge in [0.2, 0.25) is 0 Å². The molecule has 0 bridgehead atoms. The molecule has 1 fully saturated rings. The maximum Gasteiger partial charge on any atom is 0.322 e. The fourth-order valence-electron chi connectivity index (χ4n) is 2.06. The van der Waals surface area contributed by atoms with E-state index < -0.39 is 12.3 Å². The van der Waals surface area contributed by atoms with Crippen molar-refractivity contribution in [2.45, 2.75) is 56.5 Å². The van der Waals surface area contributed by atoms with E-state index in [9.17, 15) is 9.90 Å². The van der Waals surface area contributed by atoms with E-state index in [1.165, 1.54) is 25.7 Å². The second-order valence-corrected chi connectivity index (χ2v) is 7.75. The molecule has 1 aliphatic rings. The molecular weight excluding hydrogens is 282 g/mol. The molecule has 0 saturated carbocycles. The van der Waals surface area contributed by atoms with Gasteiger partial charge < -0.3 is 9.84 Å². The molecule has 0 spiro atoms. The van der Waals surface area contributed by atoms with Crippen LogP contribution in [0.3, 0.4) is 0 Å². The fourth-order valence-corrected chi connectivity index (χ4v) is 5.09. The van der Waals surface area contributed by atoms with E-state index in [0.717, 1.165) is 18.1 Å². The number of methoxy groups -OCH3 is 1. The molecule has 1 N–H and O–H groups in total. The predicted molar refractivity (Wildman–Crippen MR) is 82.2 cm³/mol. The Morgan fingerprint density at radius 1 is 1.53 bits per heavy atom. The summed E-state index contributed by atoms with van der Waals surface area (Å²) in [5.41, 5.74) is 0. The van der Waals surface area contributed by atoms with Crippen LogP contribution in [0.1, 0.15) is 39.0 Å². The van der Waals surface area contributed by atoms with Crippen molar-refractivity contribution >= 4 is 27.6 Å². The van der Waals surface area contributed by atoms with E-state index in [1.54, 1.807) is 18.9 Å².